The number of halogens is 1. The average Bonchev–Trinajstić information content (AvgIpc) is 2.30. The lowest BCUT2D eigenvalue weighted by Crippen LogP contribution is -2.40. The lowest BCUT2D eigenvalue weighted by Gasteiger charge is -2.21. The Morgan fingerprint density at radius 3 is 2.71 bits per heavy atom. The molecule has 1 unspecified atom stereocenters. The fraction of sp³-hybridized carbons (Fsp3) is 0.462. The van der Waals surface area contributed by atoms with Gasteiger partial charge >= 0.3 is 0 Å². The maximum Gasteiger partial charge on any atom is 0.251 e. The molecule has 2 N–H and O–H groups in total. The summed E-state index contributed by atoms with van der Waals surface area (Å²) in [4.78, 5) is 11.8. The number of carbonyl (C=O) groups excluding carboxylic acids is 1. The van der Waals surface area contributed by atoms with Crippen molar-refractivity contribution in [1.29, 1.82) is 0 Å². The zero-order valence-corrected chi connectivity index (χ0v) is 12.0. The van der Waals surface area contributed by atoms with Gasteiger partial charge in [0, 0.05) is 16.6 Å². The normalized spacial score (nSPS) is 14.2. The summed E-state index contributed by atoms with van der Waals surface area (Å²) in [6.45, 7) is 5.81. The fourth-order valence-electron chi connectivity index (χ4n) is 1.23. The zero-order valence-electron chi connectivity index (χ0n) is 10.4. The summed E-state index contributed by atoms with van der Waals surface area (Å²) in [6, 6.07) is 5.44. The minimum absolute atomic E-state index is 0.167. The van der Waals surface area contributed by atoms with E-state index in [0.29, 0.717) is 12.0 Å². The fourth-order valence-corrected chi connectivity index (χ4v) is 1.61. The Hall–Kier alpha value is -0.870. The van der Waals surface area contributed by atoms with E-state index in [1.807, 2.05) is 19.9 Å². The van der Waals surface area contributed by atoms with Crippen LogP contribution < -0.4 is 5.32 Å². The van der Waals surface area contributed by atoms with Gasteiger partial charge in [0.05, 0.1) is 5.60 Å². The van der Waals surface area contributed by atoms with Gasteiger partial charge in [-0.1, -0.05) is 28.9 Å². The van der Waals surface area contributed by atoms with Crippen molar-refractivity contribution in [3.8, 4) is 0 Å². The molecule has 94 valence electrons. The van der Waals surface area contributed by atoms with Crippen LogP contribution in [0.1, 0.15) is 36.2 Å². The second-order valence-corrected chi connectivity index (χ2v) is 5.35. The summed E-state index contributed by atoms with van der Waals surface area (Å²) < 4.78 is 0.910. The van der Waals surface area contributed by atoms with Crippen LogP contribution in [0.5, 0.6) is 0 Å². The first-order chi connectivity index (χ1) is 7.85. The molecule has 1 atom stereocenters. The highest BCUT2D eigenvalue weighted by atomic mass is 79.9. The first-order valence-electron chi connectivity index (χ1n) is 5.62. The summed E-state index contributed by atoms with van der Waals surface area (Å²) in [5.41, 5.74) is 0.828. The molecule has 0 spiro atoms. The van der Waals surface area contributed by atoms with E-state index >= 15 is 0 Å². The van der Waals surface area contributed by atoms with Crippen LogP contribution in [-0.2, 0) is 0 Å². The monoisotopic (exact) mass is 299 g/mol. The zero-order chi connectivity index (χ0) is 13.1. The van der Waals surface area contributed by atoms with Gasteiger partial charge in [0.1, 0.15) is 0 Å². The molecule has 0 aliphatic heterocycles. The van der Waals surface area contributed by atoms with E-state index in [1.165, 1.54) is 0 Å². The third kappa shape index (κ3) is 4.13. The van der Waals surface area contributed by atoms with Crippen LogP contribution in [-0.4, -0.2) is 23.2 Å². The molecule has 17 heavy (non-hydrogen) atoms. The Labute approximate surface area is 110 Å². The van der Waals surface area contributed by atoms with E-state index in [9.17, 15) is 9.90 Å². The Bertz CT molecular complexity index is 416. The van der Waals surface area contributed by atoms with Crippen LogP contribution in [0.25, 0.3) is 0 Å². The van der Waals surface area contributed by atoms with Crippen molar-refractivity contribution in [2.75, 3.05) is 6.54 Å². The van der Waals surface area contributed by atoms with E-state index in [2.05, 4.69) is 21.2 Å². The summed E-state index contributed by atoms with van der Waals surface area (Å²) in [5.74, 6) is -0.167. The molecular weight excluding hydrogens is 282 g/mol. The number of benzene rings is 1. The molecule has 4 heteroatoms. The minimum atomic E-state index is -0.850. The third-order valence-electron chi connectivity index (χ3n) is 2.83. The quantitative estimate of drug-likeness (QED) is 0.898. The molecule has 0 aliphatic carbocycles. The molecule has 0 heterocycles. The molecule has 0 radical (unpaired) electrons. The Morgan fingerprint density at radius 2 is 2.18 bits per heavy atom. The average molecular weight is 300 g/mol. The third-order valence-corrected chi connectivity index (χ3v) is 3.68. The van der Waals surface area contributed by atoms with Crippen molar-refractivity contribution < 1.29 is 9.90 Å². The van der Waals surface area contributed by atoms with Gasteiger partial charge in [-0.2, -0.15) is 0 Å². The molecule has 0 aromatic heterocycles. The van der Waals surface area contributed by atoms with Crippen LogP contribution in [0, 0.1) is 6.92 Å². The SMILES string of the molecule is CCC(C)(O)CNC(=O)c1ccc(C)c(Br)c1. The van der Waals surface area contributed by atoms with Gasteiger partial charge in [-0.25, -0.2) is 0 Å². The van der Waals surface area contributed by atoms with Gasteiger partial charge < -0.3 is 10.4 Å². The molecule has 0 saturated carbocycles. The Morgan fingerprint density at radius 1 is 1.53 bits per heavy atom. The van der Waals surface area contributed by atoms with Crippen LogP contribution in [0.4, 0.5) is 0 Å². The maximum absolute atomic E-state index is 11.8. The summed E-state index contributed by atoms with van der Waals surface area (Å²) in [6.07, 6.45) is 0.602. The van der Waals surface area contributed by atoms with Gasteiger partial charge in [0.2, 0.25) is 0 Å². The Kier molecular flexibility index (Phi) is 4.71. The number of carbonyl (C=O) groups is 1. The first kappa shape index (κ1) is 14.2. The van der Waals surface area contributed by atoms with E-state index < -0.39 is 5.60 Å². The maximum atomic E-state index is 11.8. The highest BCUT2D eigenvalue weighted by Gasteiger charge is 2.18. The molecule has 0 fully saturated rings. The summed E-state index contributed by atoms with van der Waals surface area (Å²) in [7, 11) is 0. The van der Waals surface area contributed by atoms with Gasteiger partial charge in [0.15, 0.2) is 0 Å². The van der Waals surface area contributed by atoms with Crippen LogP contribution in [0.2, 0.25) is 0 Å². The summed E-state index contributed by atoms with van der Waals surface area (Å²) >= 11 is 3.39. The Balaban J connectivity index is 2.68. The van der Waals surface area contributed by atoms with Gasteiger partial charge in [-0.3, -0.25) is 4.79 Å². The number of aliphatic hydroxyl groups is 1. The molecular formula is C13H18BrNO2. The molecule has 0 saturated heterocycles. The smallest absolute Gasteiger partial charge is 0.251 e. The predicted octanol–water partition coefficient (Wildman–Crippen LogP) is 2.65. The number of rotatable bonds is 4. The minimum Gasteiger partial charge on any atom is -0.388 e. The highest BCUT2D eigenvalue weighted by Crippen LogP contribution is 2.17. The van der Waals surface area contributed by atoms with Gasteiger partial charge in [-0.05, 0) is 38.0 Å². The van der Waals surface area contributed by atoms with Crippen LogP contribution in [0.3, 0.4) is 0 Å². The van der Waals surface area contributed by atoms with Crippen LogP contribution in [0.15, 0.2) is 22.7 Å². The van der Waals surface area contributed by atoms with Crippen molar-refractivity contribution in [2.45, 2.75) is 32.8 Å². The number of amides is 1. The van der Waals surface area contributed by atoms with E-state index in [-0.39, 0.29) is 12.5 Å². The molecule has 1 rings (SSSR count). The molecule has 1 amide bonds. The molecule has 0 aliphatic rings. The number of hydrogen-bond acceptors (Lipinski definition) is 2. The molecule has 3 nitrogen and oxygen atoms in total. The second kappa shape index (κ2) is 5.65. The number of nitrogens with one attached hydrogen (secondary N) is 1. The topological polar surface area (TPSA) is 49.3 Å². The van der Waals surface area contributed by atoms with Gasteiger partial charge in [0.25, 0.3) is 5.91 Å². The number of hydrogen-bond donors (Lipinski definition) is 2. The first-order valence-corrected chi connectivity index (χ1v) is 6.42. The largest absolute Gasteiger partial charge is 0.388 e. The lowest BCUT2D eigenvalue weighted by molar-refractivity contribution is 0.0518. The van der Waals surface area contributed by atoms with Crippen molar-refractivity contribution in [1.82, 2.24) is 5.32 Å². The molecule has 0 bridgehead atoms. The lowest BCUT2D eigenvalue weighted by atomic mass is 10.0. The van der Waals surface area contributed by atoms with Crippen molar-refractivity contribution in [3.63, 3.8) is 0 Å². The second-order valence-electron chi connectivity index (χ2n) is 4.50. The van der Waals surface area contributed by atoms with Crippen molar-refractivity contribution in [2.24, 2.45) is 0 Å². The van der Waals surface area contributed by atoms with Crippen molar-refractivity contribution in [3.05, 3.63) is 33.8 Å². The standard InChI is InChI=1S/C13H18BrNO2/c1-4-13(3,17)8-15-12(16)10-6-5-9(2)11(14)7-10/h5-7,17H,4,8H2,1-3H3,(H,15,16). The van der Waals surface area contributed by atoms with E-state index in [4.69, 9.17) is 0 Å². The highest BCUT2D eigenvalue weighted by molar-refractivity contribution is 9.10. The molecule has 1 aromatic rings. The van der Waals surface area contributed by atoms with Crippen molar-refractivity contribution >= 4 is 21.8 Å². The predicted molar refractivity (Wildman–Crippen MR) is 72.1 cm³/mol. The summed E-state index contributed by atoms with van der Waals surface area (Å²) in [5, 5.41) is 12.5. The molecule has 1 aromatic carbocycles. The van der Waals surface area contributed by atoms with E-state index in [0.717, 1.165) is 10.0 Å². The van der Waals surface area contributed by atoms with Gasteiger partial charge in [-0.15, -0.1) is 0 Å². The van der Waals surface area contributed by atoms with E-state index in [1.54, 1.807) is 19.1 Å². The van der Waals surface area contributed by atoms with Crippen LogP contribution >= 0.6 is 15.9 Å². The number of aryl methyl sites for hydroxylation is 1.